The summed E-state index contributed by atoms with van der Waals surface area (Å²) in [4.78, 5) is 0. The molecule has 0 fully saturated rings. The monoisotopic (exact) mass is 245 g/mol. The molecule has 0 aliphatic heterocycles. The van der Waals surface area contributed by atoms with E-state index >= 15 is 0 Å². The molecule has 27 valence electrons. The molecule has 3 heteroatoms. The standard InChI is InChI=1S/C2N2.Ir/c3-1-2-4;. The molecule has 0 N–H and O–H groups in total. The quantitative estimate of drug-likeness (QED) is 0.603. The number of nitrogens with zero attached hydrogens (tertiary/aromatic N) is 2. The fraction of sp³-hybridized carbons (Fsp3) is 0. The number of rotatable bonds is 0. The summed E-state index contributed by atoms with van der Waals surface area (Å²) in [6, 6.07) is 2.47. The fourth-order valence-corrected chi connectivity index (χ4v) is 0. The Bertz CT molecular complexity index is 62.6. The molecule has 1 radical (unpaired) electrons. The molecule has 0 saturated carbocycles. The van der Waals surface area contributed by atoms with Crippen LogP contribution in [0.2, 0.25) is 0 Å². The SMILES string of the molecule is N#CC#N.[Ir]. The summed E-state index contributed by atoms with van der Waals surface area (Å²) in [6.45, 7) is 0. The molecule has 2 nitrogen and oxygen atoms in total. The van der Waals surface area contributed by atoms with Crippen molar-refractivity contribution in [3.8, 4) is 12.1 Å². The van der Waals surface area contributed by atoms with Crippen LogP contribution in [0, 0.1) is 22.7 Å². The van der Waals surface area contributed by atoms with Gasteiger partial charge in [0, 0.05) is 20.1 Å². The van der Waals surface area contributed by atoms with E-state index in [1.165, 1.54) is 12.1 Å². The van der Waals surface area contributed by atoms with Crippen molar-refractivity contribution in [3.63, 3.8) is 0 Å². The van der Waals surface area contributed by atoms with Crippen LogP contribution < -0.4 is 0 Å². The first kappa shape index (κ1) is 8.82. The first-order valence-corrected chi connectivity index (χ1v) is 0.697. The van der Waals surface area contributed by atoms with Crippen molar-refractivity contribution in [3.05, 3.63) is 0 Å². The predicted octanol–water partition coefficient (Wildman–Crippen LogP) is 0.0311. The van der Waals surface area contributed by atoms with Crippen molar-refractivity contribution in [2.24, 2.45) is 0 Å². The van der Waals surface area contributed by atoms with Crippen LogP contribution >= 0.6 is 0 Å². The van der Waals surface area contributed by atoms with Crippen molar-refractivity contribution in [1.82, 2.24) is 0 Å². The van der Waals surface area contributed by atoms with Crippen LogP contribution in [-0.4, -0.2) is 0 Å². The van der Waals surface area contributed by atoms with E-state index in [0.29, 0.717) is 0 Å². The minimum atomic E-state index is 0. The Morgan fingerprint density at radius 3 is 1.20 bits per heavy atom. The molecule has 0 aromatic heterocycles. The number of nitriles is 2. The van der Waals surface area contributed by atoms with Crippen LogP contribution in [0.4, 0.5) is 0 Å². The summed E-state index contributed by atoms with van der Waals surface area (Å²) < 4.78 is 0. The largest absolute Gasteiger partial charge is 0.181 e. The molecule has 0 aliphatic carbocycles. The van der Waals surface area contributed by atoms with Crippen LogP contribution in [0.1, 0.15) is 0 Å². The molecule has 0 bridgehead atoms. The van der Waals surface area contributed by atoms with E-state index in [-0.39, 0.29) is 20.1 Å². The Labute approximate surface area is 43.4 Å². The van der Waals surface area contributed by atoms with Crippen LogP contribution in [0.25, 0.3) is 0 Å². The fourth-order valence-electron chi connectivity index (χ4n) is 0. The van der Waals surface area contributed by atoms with Gasteiger partial charge >= 0.3 is 0 Å². The van der Waals surface area contributed by atoms with Gasteiger partial charge in [-0.3, -0.25) is 0 Å². The molecule has 0 aromatic rings. The van der Waals surface area contributed by atoms with E-state index in [9.17, 15) is 0 Å². The number of hydrogen-bond acceptors (Lipinski definition) is 2. The molecular formula is C2IrN2. The molecule has 0 spiro atoms. The molecule has 0 amide bonds. The average molecular weight is 244 g/mol. The molecule has 0 saturated heterocycles. The van der Waals surface area contributed by atoms with Gasteiger partial charge in [-0.2, -0.15) is 10.5 Å². The van der Waals surface area contributed by atoms with Crippen molar-refractivity contribution in [1.29, 1.82) is 10.5 Å². The Hall–Kier alpha value is -0.371. The van der Waals surface area contributed by atoms with Gasteiger partial charge in [-0.15, -0.1) is 0 Å². The van der Waals surface area contributed by atoms with Gasteiger partial charge in [0.15, 0.2) is 12.1 Å². The zero-order valence-electron chi connectivity index (χ0n) is 2.23. The Balaban J connectivity index is 0. The van der Waals surface area contributed by atoms with Crippen molar-refractivity contribution in [2.45, 2.75) is 0 Å². The Morgan fingerprint density at radius 2 is 1.20 bits per heavy atom. The normalized spacial score (nSPS) is 2.00. The maximum Gasteiger partial charge on any atom is 0.181 e. The van der Waals surface area contributed by atoms with E-state index in [1.54, 1.807) is 0 Å². The van der Waals surface area contributed by atoms with Crippen molar-refractivity contribution < 1.29 is 20.1 Å². The minimum absolute atomic E-state index is 0. The second kappa shape index (κ2) is 9.45. The van der Waals surface area contributed by atoms with Gasteiger partial charge in [0.2, 0.25) is 0 Å². The van der Waals surface area contributed by atoms with Gasteiger partial charge in [0.25, 0.3) is 0 Å². The smallest absolute Gasteiger partial charge is 0.181 e. The van der Waals surface area contributed by atoms with Gasteiger partial charge in [-0.05, 0) is 0 Å². The maximum absolute atomic E-state index is 7.26. The van der Waals surface area contributed by atoms with Gasteiger partial charge in [-0.1, -0.05) is 0 Å². The van der Waals surface area contributed by atoms with Crippen molar-refractivity contribution in [2.75, 3.05) is 0 Å². The predicted molar refractivity (Wildman–Crippen MR) is 11.2 cm³/mol. The summed E-state index contributed by atoms with van der Waals surface area (Å²) >= 11 is 0. The maximum atomic E-state index is 7.26. The summed E-state index contributed by atoms with van der Waals surface area (Å²) in [6.07, 6.45) is 0. The molecule has 0 aliphatic rings. The second-order valence-corrected chi connectivity index (χ2v) is 0.224. The van der Waals surface area contributed by atoms with Crippen LogP contribution in [0.5, 0.6) is 0 Å². The molecular weight excluding hydrogens is 244 g/mol. The van der Waals surface area contributed by atoms with Crippen LogP contribution in [-0.2, 0) is 20.1 Å². The topological polar surface area (TPSA) is 47.6 Å². The van der Waals surface area contributed by atoms with Crippen molar-refractivity contribution >= 4 is 0 Å². The van der Waals surface area contributed by atoms with E-state index < -0.39 is 0 Å². The summed E-state index contributed by atoms with van der Waals surface area (Å²) in [5.74, 6) is 0. The first-order chi connectivity index (χ1) is 1.91. The first-order valence-electron chi connectivity index (χ1n) is 0.697. The summed E-state index contributed by atoms with van der Waals surface area (Å²) in [5.41, 5.74) is 0. The van der Waals surface area contributed by atoms with E-state index in [4.69, 9.17) is 10.5 Å². The van der Waals surface area contributed by atoms with Crippen LogP contribution in [0.15, 0.2) is 0 Å². The zero-order chi connectivity index (χ0) is 3.41. The van der Waals surface area contributed by atoms with E-state index in [2.05, 4.69) is 0 Å². The summed E-state index contributed by atoms with van der Waals surface area (Å²) in [7, 11) is 0. The molecule has 0 atom stereocenters. The third kappa shape index (κ3) is 24.3. The van der Waals surface area contributed by atoms with Crippen LogP contribution in [0.3, 0.4) is 0 Å². The minimum Gasteiger partial charge on any atom is -0.181 e. The third-order valence-electron chi connectivity index (χ3n) is 0.0500. The average Bonchev–Trinajstić information content (AvgIpc) is 1.37. The zero-order valence-corrected chi connectivity index (χ0v) is 4.62. The Morgan fingerprint density at radius 1 is 1.00 bits per heavy atom. The second-order valence-electron chi connectivity index (χ2n) is 0.224. The molecule has 0 aromatic carbocycles. The van der Waals surface area contributed by atoms with E-state index in [1.807, 2.05) is 0 Å². The van der Waals surface area contributed by atoms with Gasteiger partial charge in [0.05, 0.1) is 0 Å². The molecule has 0 rings (SSSR count). The molecule has 5 heavy (non-hydrogen) atoms. The number of hydrogen-bond donors (Lipinski definition) is 0. The van der Waals surface area contributed by atoms with Gasteiger partial charge in [-0.25, -0.2) is 0 Å². The Kier molecular flexibility index (Phi) is 16.7. The van der Waals surface area contributed by atoms with Gasteiger partial charge < -0.3 is 0 Å². The van der Waals surface area contributed by atoms with Gasteiger partial charge in [0.1, 0.15) is 0 Å². The van der Waals surface area contributed by atoms with E-state index in [0.717, 1.165) is 0 Å². The molecule has 0 heterocycles. The molecule has 0 unspecified atom stereocenters. The summed E-state index contributed by atoms with van der Waals surface area (Å²) in [5, 5.41) is 14.5. The third-order valence-corrected chi connectivity index (χ3v) is 0.0500.